The van der Waals surface area contributed by atoms with Crippen LogP contribution >= 0.6 is 0 Å². The fourth-order valence-corrected chi connectivity index (χ4v) is 2.00. The van der Waals surface area contributed by atoms with Crippen molar-refractivity contribution in [3.8, 4) is 0 Å². The van der Waals surface area contributed by atoms with E-state index in [1.54, 1.807) is 0 Å². The average Bonchev–Trinajstić information content (AvgIpc) is 2.25. The van der Waals surface area contributed by atoms with E-state index in [0.29, 0.717) is 12.8 Å². The number of hydrogen-bond acceptors (Lipinski definition) is 0. The first-order valence-corrected chi connectivity index (χ1v) is 5.97. The van der Waals surface area contributed by atoms with Crippen molar-refractivity contribution in [1.82, 2.24) is 0 Å². The maximum absolute atomic E-state index is 12.4. The van der Waals surface area contributed by atoms with E-state index < -0.39 is 11.7 Å². The van der Waals surface area contributed by atoms with Crippen molar-refractivity contribution in [3.63, 3.8) is 0 Å². The van der Waals surface area contributed by atoms with Gasteiger partial charge in [-0.3, -0.25) is 4.39 Å². The van der Waals surface area contributed by atoms with Gasteiger partial charge in [0, 0.05) is 0 Å². The van der Waals surface area contributed by atoms with E-state index in [9.17, 15) is 17.6 Å². The molecule has 1 aromatic rings. The van der Waals surface area contributed by atoms with Crippen molar-refractivity contribution in [3.05, 3.63) is 35.4 Å². The van der Waals surface area contributed by atoms with Gasteiger partial charge in [0.05, 0.1) is 12.2 Å². The van der Waals surface area contributed by atoms with Crippen molar-refractivity contribution >= 4 is 0 Å². The molecule has 0 N–H and O–H groups in total. The minimum absolute atomic E-state index is 0.0914. The third-order valence-electron chi connectivity index (χ3n) is 2.95. The van der Waals surface area contributed by atoms with E-state index in [-0.39, 0.29) is 12.1 Å². The van der Waals surface area contributed by atoms with Crippen LogP contribution in [0.1, 0.15) is 37.8 Å². The van der Waals surface area contributed by atoms with Gasteiger partial charge < -0.3 is 0 Å². The summed E-state index contributed by atoms with van der Waals surface area (Å²) in [6.45, 7) is 3.65. The average molecular weight is 262 g/mol. The zero-order chi connectivity index (χ0) is 13.8. The second kappa shape index (κ2) is 5.72. The molecule has 0 heterocycles. The molecule has 18 heavy (non-hydrogen) atoms. The van der Waals surface area contributed by atoms with Gasteiger partial charge in [-0.05, 0) is 42.4 Å². The maximum Gasteiger partial charge on any atom is 0.416 e. The Morgan fingerprint density at radius 3 is 2.00 bits per heavy atom. The maximum atomic E-state index is 12.4. The molecule has 0 spiro atoms. The summed E-state index contributed by atoms with van der Waals surface area (Å²) in [6.07, 6.45) is -2.41. The highest BCUT2D eigenvalue weighted by molar-refractivity contribution is 5.25. The van der Waals surface area contributed by atoms with E-state index in [1.165, 1.54) is 12.1 Å². The third-order valence-corrected chi connectivity index (χ3v) is 2.95. The summed E-state index contributed by atoms with van der Waals surface area (Å²) >= 11 is 0. The normalized spacial score (nSPS) is 12.8. The van der Waals surface area contributed by atoms with Crippen LogP contribution in [-0.2, 0) is 12.6 Å². The van der Waals surface area contributed by atoms with Gasteiger partial charge in [0.1, 0.15) is 0 Å². The van der Waals surface area contributed by atoms with Gasteiger partial charge in [-0.2, -0.15) is 13.2 Å². The molecule has 4 heteroatoms. The number of hydrogen-bond donors (Lipinski definition) is 0. The Bertz CT molecular complexity index is 362. The van der Waals surface area contributed by atoms with E-state index in [2.05, 4.69) is 0 Å². The molecule has 0 aliphatic carbocycles. The highest BCUT2D eigenvalue weighted by Crippen LogP contribution is 2.31. The summed E-state index contributed by atoms with van der Waals surface area (Å²) in [7, 11) is 0. The minimum atomic E-state index is -4.29. The van der Waals surface area contributed by atoms with Gasteiger partial charge in [0.25, 0.3) is 0 Å². The number of alkyl halides is 4. The van der Waals surface area contributed by atoms with E-state index in [1.807, 2.05) is 13.8 Å². The summed E-state index contributed by atoms with van der Waals surface area (Å²) in [5.41, 5.74) is 0.130. The Labute approximate surface area is 105 Å². The van der Waals surface area contributed by atoms with Crippen LogP contribution in [0.15, 0.2) is 24.3 Å². The molecule has 0 amide bonds. The van der Waals surface area contributed by atoms with Gasteiger partial charge in [-0.25, -0.2) is 0 Å². The monoisotopic (exact) mass is 262 g/mol. The molecule has 0 aromatic heterocycles. The quantitative estimate of drug-likeness (QED) is 0.653. The van der Waals surface area contributed by atoms with Crippen LogP contribution in [0.4, 0.5) is 17.6 Å². The van der Waals surface area contributed by atoms with Gasteiger partial charge in [0.15, 0.2) is 0 Å². The topological polar surface area (TPSA) is 0 Å². The highest BCUT2D eigenvalue weighted by Gasteiger charge is 2.30. The Balaban J connectivity index is 2.69. The Morgan fingerprint density at radius 1 is 1.00 bits per heavy atom. The highest BCUT2D eigenvalue weighted by atomic mass is 19.4. The van der Waals surface area contributed by atoms with Gasteiger partial charge in [-0.15, -0.1) is 0 Å². The number of benzene rings is 1. The molecule has 0 unspecified atom stereocenters. The minimum Gasteiger partial charge on any atom is -0.251 e. The predicted molar refractivity (Wildman–Crippen MR) is 64.1 cm³/mol. The fourth-order valence-electron chi connectivity index (χ4n) is 2.00. The second-order valence-corrected chi connectivity index (χ2v) is 5.33. The molecule has 0 fully saturated rings. The molecule has 102 valence electrons. The van der Waals surface area contributed by atoms with Gasteiger partial charge >= 0.3 is 6.18 Å². The standard InChI is InChI=1S/C14H18F4/c1-13(2,8-3-9-15)10-11-4-6-12(7-5-11)14(16,17)18/h4-7H,3,8-10H2,1-2H3. The number of halogens is 4. The van der Waals surface area contributed by atoms with Gasteiger partial charge in [-0.1, -0.05) is 26.0 Å². The predicted octanol–water partition coefficient (Wildman–Crippen LogP) is 5.02. The lowest BCUT2D eigenvalue weighted by molar-refractivity contribution is -0.137. The third kappa shape index (κ3) is 4.67. The molecule has 0 nitrogen and oxygen atoms in total. The van der Waals surface area contributed by atoms with Crippen molar-refractivity contribution in [2.75, 3.05) is 6.67 Å². The van der Waals surface area contributed by atoms with Crippen LogP contribution < -0.4 is 0 Å². The molecule has 1 rings (SSSR count). The van der Waals surface area contributed by atoms with Crippen LogP contribution in [0.25, 0.3) is 0 Å². The van der Waals surface area contributed by atoms with Crippen LogP contribution in [0.3, 0.4) is 0 Å². The van der Waals surface area contributed by atoms with Crippen molar-refractivity contribution < 1.29 is 17.6 Å². The Hall–Kier alpha value is -1.06. The molecular weight excluding hydrogens is 244 g/mol. The Morgan fingerprint density at radius 2 is 1.56 bits per heavy atom. The molecule has 0 saturated heterocycles. The summed E-state index contributed by atoms with van der Waals surface area (Å²) in [6, 6.07) is 5.20. The molecule has 0 saturated carbocycles. The van der Waals surface area contributed by atoms with Gasteiger partial charge in [0.2, 0.25) is 0 Å². The molecule has 1 aromatic carbocycles. The zero-order valence-corrected chi connectivity index (χ0v) is 10.6. The lowest BCUT2D eigenvalue weighted by Crippen LogP contribution is -2.15. The first kappa shape index (κ1) is 15.0. The summed E-state index contributed by atoms with van der Waals surface area (Å²) in [5, 5.41) is 0. The van der Waals surface area contributed by atoms with Crippen molar-refractivity contribution in [2.24, 2.45) is 5.41 Å². The molecule has 0 aliphatic heterocycles. The molecular formula is C14H18F4. The van der Waals surface area contributed by atoms with Crippen LogP contribution in [-0.4, -0.2) is 6.67 Å². The lowest BCUT2D eigenvalue weighted by atomic mass is 9.81. The van der Waals surface area contributed by atoms with Crippen molar-refractivity contribution in [1.29, 1.82) is 0 Å². The van der Waals surface area contributed by atoms with Crippen LogP contribution in [0, 0.1) is 5.41 Å². The van der Waals surface area contributed by atoms with Crippen molar-refractivity contribution in [2.45, 2.75) is 39.3 Å². The second-order valence-electron chi connectivity index (χ2n) is 5.33. The van der Waals surface area contributed by atoms with Crippen LogP contribution in [0.5, 0.6) is 0 Å². The zero-order valence-electron chi connectivity index (χ0n) is 10.6. The van der Waals surface area contributed by atoms with E-state index in [0.717, 1.165) is 24.1 Å². The molecule has 0 atom stereocenters. The number of rotatable bonds is 5. The molecule has 0 radical (unpaired) electrons. The smallest absolute Gasteiger partial charge is 0.251 e. The molecule has 0 bridgehead atoms. The largest absolute Gasteiger partial charge is 0.416 e. The first-order valence-electron chi connectivity index (χ1n) is 5.97. The first-order chi connectivity index (χ1) is 8.24. The summed E-state index contributed by atoms with van der Waals surface area (Å²) < 4.78 is 49.3. The Kier molecular flexibility index (Phi) is 4.77. The summed E-state index contributed by atoms with van der Waals surface area (Å²) in [4.78, 5) is 0. The van der Waals surface area contributed by atoms with E-state index >= 15 is 0 Å². The fraction of sp³-hybridized carbons (Fsp3) is 0.571. The van der Waals surface area contributed by atoms with Crippen LogP contribution in [0.2, 0.25) is 0 Å². The van der Waals surface area contributed by atoms with E-state index in [4.69, 9.17) is 0 Å². The molecule has 0 aliphatic rings. The summed E-state index contributed by atoms with van der Waals surface area (Å²) in [5.74, 6) is 0. The lowest BCUT2D eigenvalue weighted by Gasteiger charge is -2.24. The SMILES string of the molecule is CC(C)(CCCF)Cc1ccc(C(F)(F)F)cc1.